The number of hydrogen-bond donors (Lipinski definition) is 2. The molecule has 0 radical (unpaired) electrons. The Bertz CT molecular complexity index is 905. The van der Waals surface area contributed by atoms with E-state index in [1.165, 1.54) is 6.07 Å². The van der Waals surface area contributed by atoms with Crippen molar-refractivity contribution in [1.82, 2.24) is 10.0 Å². The highest BCUT2D eigenvalue weighted by Gasteiger charge is 2.26. The number of nitrogens with zero attached hydrogens (tertiary/aromatic N) is 1. The van der Waals surface area contributed by atoms with E-state index in [9.17, 15) is 13.2 Å². The van der Waals surface area contributed by atoms with E-state index < -0.39 is 10.0 Å². The van der Waals surface area contributed by atoms with Gasteiger partial charge in [-0.1, -0.05) is 6.92 Å². The maximum Gasteiger partial charge on any atom is 0.321 e. The Hall–Kier alpha value is -2.32. The standard InChI is InChI=1S/C18H23N3O4S/c1-3-9-19-18(22)21-10-8-14-11-16(6-7-17(14)21)26(23,24)20-12-15-5-4-13(2)25-15/h4-7,11,20H,3,8-10,12H2,1-2H3,(H,19,22). The van der Waals surface area contributed by atoms with E-state index >= 15 is 0 Å². The van der Waals surface area contributed by atoms with Crippen LogP contribution in [0.25, 0.3) is 0 Å². The number of rotatable bonds is 6. The summed E-state index contributed by atoms with van der Waals surface area (Å²) in [4.78, 5) is 14.0. The number of carbonyl (C=O) groups is 1. The van der Waals surface area contributed by atoms with E-state index in [0.717, 1.165) is 23.4 Å². The molecule has 8 heteroatoms. The van der Waals surface area contributed by atoms with Crippen molar-refractivity contribution in [3.05, 3.63) is 47.4 Å². The van der Waals surface area contributed by atoms with Crippen LogP contribution in [0.2, 0.25) is 0 Å². The second-order valence-electron chi connectivity index (χ2n) is 6.26. The van der Waals surface area contributed by atoms with E-state index in [1.807, 2.05) is 6.92 Å². The lowest BCUT2D eigenvalue weighted by molar-refractivity contribution is 0.247. The molecule has 1 aliphatic heterocycles. The van der Waals surface area contributed by atoms with E-state index in [2.05, 4.69) is 10.0 Å². The lowest BCUT2D eigenvalue weighted by atomic mass is 10.2. The third-order valence-electron chi connectivity index (χ3n) is 4.26. The second-order valence-corrected chi connectivity index (χ2v) is 8.03. The van der Waals surface area contributed by atoms with Crippen molar-refractivity contribution in [2.45, 2.75) is 38.1 Å². The van der Waals surface area contributed by atoms with Crippen LogP contribution in [0.3, 0.4) is 0 Å². The predicted molar refractivity (Wildman–Crippen MR) is 98.7 cm³/mol. The quantitative estimate of drug-likeness (QED) is 0.809. The number of nitrogens with one attached hydrogen (secondary N) is 2. The molecule has 7 nitrogen and oxygen atoms in total. The number of sulfonamides is 1. The van der Waals surface area contributed by atoms with Gasteiger partial charge in [0.1, 0.15) is 11.5 Å². The van der Waals surface area contributed by atoms with Crippen LogP contribution in [-0.4, -0.2) is 27.5 Å². The minimum absolute atomic E-state index is 0.0960. The van der Waals surface area contributed by atoms with Crippen LogP contribution in [-0.2, 0) is 23.0 Å². The second kappa shape index (κ2) is 7.51. The maximum absolute atomic E-state index is 12.5. The van der Waals surface area contributed by atoms with Crippen LogP contribution >= 0.6 is 0 Å². The van der Waals surface area contributed by atoms with Gasteiger partial charge in [0, 0.05) is 18.8 Å². The minimum Gasteiger partial charge on any atom is -0.465 e. The molecule has 26 heavy (non-hydrogen) atoms. The molecule has 0 saturated carbocycles. The van der Waals surface area contributed by atoms with Gasteiger partial charge < -0.3 is 9.73 Å². The van der Waals surface area contributed by atoms with Gasteiger partial charge in [-0.05, 0) is 55.7 Å². The summed E-state index contributed by atoms with van der Waals surface area (Å²) in [7, 11) is -3.65. The summed E-state index contributed by atoms with van der Waals surface area (Å²) in [5.41, 5.74) is 1.62. The number of benzene rings is 1. The summed E-state index contributed by atoms with van der Waals surface area (Å²) in [6, 6.07) is 8.25. The van der Waals surface area contributed by atoms with Crippen LogP contribution in [0.15, 0.2) is 39.6 Å². The molecule has 0 bridgehead atoms. The van der Waals surface area contributed by atoms with Crippen LogP contribution in [0.4, 0.5) is 10.5 Å². The highest BCUT2D eigenvalue weighted by Crippen LogP contribution is 2.30. The van der Waals surface area contributed by atoms with Crippen molar-refractivity contribution >= 4 is 21.7 Å². The minimum atomic E-state index is -3.65. The van der Waals surface area contributed by atoms with Crippen LogP contribution in [0.5, 0.6) is 0 Å². The molecular formula is C18H23N3O4S. The van der Waals surface area contributed by atoms with Crippen molar-refractivity contribution < 1.29 is 17.6 Å². The molecule has 1 aromatic heterocycles. The Morgan fingerprint density at radius 1 is 1.27 bits per heavy atom. The smallest absolute Gasteiger partial charge is 0.321 e. The average Bonchev–Trinajstić information content (AvgIpc) is 3.23. The van der Waals surface area contributed by atoms with Gasteiger partial charge >= 0.3 is 6.03 Å². The summed E-state index contributed by atoms with van der Waals surface area (Å²) >= 11 is 0. The summed E-state index contributed by atoms with van der Waals surface area (Å²) in [5, 5.41) is 2.85. The van der Waals surface area contributed by atoms with E-state index in [1.54, 1.807) is 36.1 Å². The lowest BCUT2D eigenvalue weighted by Crippen LogP contribution is -2.39. The Labute approximate surface area is 153 Å². The van der Waals surface area contributed by atoms with Gasteiger partial charge in [-0.25, -0.2) is 17.9 Å². The topological polar surface area (TPSA) is 91.7 Å². The molecule has 140 valence electrons. The van der Waals surface area contributed by atoms with Crippen molar-refractivity contribution in [2.75, 3.05) is 18.0 Å². The van der Waals surface area contributed by atoms with Gasteiger partial charge in [-0.2, -0.15) is 0 Å². The normalized spacial score (nSPS) is 13.7. The molecule has 0 fully saturated rings. The van der Waals surface area contributed by atoms with Gasteiger partial charge in [0.2, 0.25) is 10.0 Å². The zero-order valence-electron chi connectivity index (χ0n) is 14.9. The van der Waals surface area contributed by atoms with Gasteiger partial charge in [-0.15, -0.1) is 0 Å². The molecule has 0 unspecified atom stereocenters. The molecule has 3 rings (SSSR count). The number of fused-ring (bicyclic) bond motifs is 1. The molecule has 2 aromatic rings. The van der Waals surface area contributed by atoms with Crippen molar-refractivity contribution in [3.63, 3.8) is 0 Å². The van der Waals surface area contributed by atoms with Crippen molar-refractivity contribution in [3.8, 4) is 0 Å². The first-order valence-electron chi connectivity index (χ1n) is 8.64. The fourth-order valence-corrected chi connectivity index (χ4v) is 3.96. The first kappa shape index (κ1) is 18.5. The van der Waals surface area contributed by atoms with E-state index in [-0.39, 0.29) is 17.5 Å². The predicted octanol–water partition coefficient (Wildman–Crippen LogP) is 2.55. The number of aryl methyl sites for hydroxylation is 1. The monoisotopic (exact) mass is 377 g/mol. The van der Waals surface area contributed by atoms with Gasteiger partial charge in [0.15, 0.2) is 0 Å². The summed E-state index contributed by atoms with van der Waals surface area (Å²) < 4.78 is 33.0. The Kier molecular flexibility index (Phi) is 5.33. The molecule has 0 aliphatic carbocycles. The molecule has 0 spiro atoms. The molecule has 1 aromatic carbocycles. The molecular weight excluding hydrogens is 354 g/mol. The molecule has 1 aliphatic rings. The Morgan fingerprint density at radius 3 is 2.77 bits per heavy atom. The number of urea groups is 1. The summed E-state index contributed by atoms with van der Waals surface area (Å²) in [6.07, 6.45) is 1.50. The van der Waals surface area contributed by atoms with E-state index in [4.69, 9.17) is 4.42 Å². The van der Waals surface area contributed by atoms with Gasteiger partial charge in [0.25, 0.3) is 0 Å². The van der Waals surface area contributed by atoms with Crippen molar-refractivity contribution in [2.24, 2.45) is 0 Å². The molecule has 0 saturated heterocycles. The van der Waals surface area contributed by atoms with Gasteiger partial charge in [-0.3, -0.25) is 4.90 Å². The zero-order chi connectivity index (χ0) is 18.7. The molecule has 2 heterocycles. The van der Waals surface area contributed by atoms with Gasteiger partial charge in [0.05, 0.1) is 11.4 Å². The highest BCUT2D eigenvalue weighted by atomic mass is 32.2. The Morgan fingerprint density at radius 2 is 2.08 bits per heavy atom. The first-order valence-corrected chi connectivity index (χ1v) is 10.1. The van der Waals surface area contributed by atoms with Crippen LogP contribution in [0, 0.1) is 6.92 Å². The largest absolute Gasteiger partial charge is 0.465 e. The summed E-state index contributed by atoms with van der Waals surface area (Å²) in [5.74, 6) is 1.30. The third-order valence-corrected chi connectivity index (χ3v) is 5.66. The first-order chi connectivity index (χ1) is 12.4. The third kappa shape index (κ3) is 3.91. The lowest BCUT2D eigenvalue weighted by Gasteiger charge is -2.18. The van der Waals surface area contributed by atoms with Crippen molar-refractivity contribution in [1.29, 1.82) is 0 Å². The molecule has 2 N–H and O–H groups in total. The maximum atomic E-state index is 12.5. The zero-order valence-corrected chi connectivity index (χ0v) is 15.7. The van der Waals surface area contributed by atoms with Crippen LogP contribution in [0.1, 0.15) is 30.4 Å². The average molecular weight is 377 g/mol. The molecule has 0 atom stereocenters. The number of amides is 2. The SMILES string of the molecule is CCCNC(=O)N1CCc2cc(S(=O)(=O)NCc3ccc(C)o3)ccc21. The number of anilines is 1. The fourth-order valence-electron chi connectivity index (χ4n) is 2.91. The number of carbonyl (C=O) groups excluding carboxylic acids is 1. The van der Waals surface area contributed by atoms with Crippen LogP contribution < -0.4 is 14.9 Å². The van der Waals surface area contributed by atoms with E-state index in [0.29, 0.717) is 25.3 Å². The fraction of sp³-hybridized carbons (Fsp3) is 0.389. The number of hydrogen-bond acceptors (Lipinski definition) is 4. The summed E-state index contributed by atoms with van der Waals surface area (Å²) in [6.45, 7) is 5.06. The molecule has 2 amide bonds. The Balaban J connectivity index is 1.73. The number of furan rings is 1. The highest BCUT2D eigenvalue weighted by molar-refractivity contribution is 7.89.